The minimum atomic E-state index is -3.73. The Bertz CT molecular complexity index is 239. The lowest BCUT2D eigenvalue weighted by molar-refractivity contribution is 0.110. The molecule has 0 aliphatic heterocycles. The average Bonchev–Trinajstić information content (AvgIpc) is 2.18. The fourth-order valence-corrected chi connectivity index (χ4v) is 3.54. The summed E-state index contributed by atoms with van der Waals surface area (Å²) in [6.45, 7) is 5.60. The fourth-order valence-electron chi connectivity index (χ4n) is 0.920. The molecule has 0 radical (unpaired) electrons. The van der Waals surface area contributed by atoms with Crippen LogP contribution in [-0.2, 0) is 18.3 Å². The van der Waals surface area contributed by atoms with Gasteiger partial charge in [0.05, 0.1) is 13.2 Å². The Morgan fingerprint density at radius 1 is 1.12 bits per heavy atom. The highest BCUT2D eigenvalue weighted by molar-refractivity contribution is 7.60. The molecule has 0 amide bonds. The fraction of sp³-hybridized carbons (Fsp3) is 1.00. The molecule has 0 N–H and O–H groups in total. The highest BCUT2D eigenvalue weighted by Crippen LogP contribution is 2.66. The van der Waals surface area contributed by atoms with Crippen LogP contribution in [-0.4, -0.2) is 29.5 Å². The first-order valence-corrected chi connectivity index (χ1v) is 7.61. The average molecular weight is 314 g/mol. The molecule has 0 bridgehead atoms. The molecule has 0 saturated heterocycles. The number of halogens is 3. The lowest BCUT2D eigenvalue weighted by Crippen LogP contribution is -2.31. The maximum absolute atomic E-state index is 12.3. The summed E-state index contributed by atoms with van der Waals surface area (Å²) in [5.74, 6) is 0. The lowest BCUT2D eigenvalue weighted by Gasteiger charge is -2.31. The van der Waals surface area contributed by atoms with Crippen molar-refractivity contribution in [2.75, 3.05) is 19.8 Å². The summed E-state index contributed by atoms with van der Waals surface area (Å²) in [4.78, 5) is 0. The van der Waals surface area contributed by atoms with E-state index in [9.17, 15) is 4.57 Å². The van der Waals surface area contributed by atoms with Crippen molar-refractivity contribution in [2.45, 2.75) is 30.4 Å². The standard InChI is InChI=1S/C8H16Cl3O4P/c1-4-13-7(9)8(10,11)16(12,14-5-2)15-6-3/h7H,4-6H2,1-3H3. The van der Waals surface area contributed by atoms with Gasteiger partial charge in [-0.1, -0.05) is 34.8 Å². The topological polar surface area (TPSA) is 44.8 Å². The van der Waals surface area contributed by atoms with Gasteiger partial charge in [-0.3, -0.25) is 4.57 Å². The van der Waals surface area contributed by atoms with Crippen LogP contribution in [0, 0.1) is 0 Å². The molecule has 98 valence electrons. The Balaban J connectivity index is 4.94. The van der Waals surface area contributed by atoms with Gasteiger partial charge in [-0.2, -0.15) is 0 Å². The zero-order valence-corrected chi connectivity index (χ0v) is 12.6. The van der Waals surface area contributed by atoms with Crippen LogP contribution in [0.3, 0.4) is 0 Å². The van der Waals surface area contributed by atoms with Crippen molar-refractivity contribution in [1.29, 1.82) is 0 Å². The normalized spacial score (nSPS) is 15.1. The third kappa shape index (κ3) is 4.02. The van der Waals surface area contributed by atoms with E-state index in [1.54, 1.807) is 20.8 Å². The molecule has 0 aliphatic rings. The molecule has 0 spiro atoms. The molecule has 0 aromatic carbocycles. The maximum atomic E-state index is 12.3. The highest BCUT2D eigenvalue weighted by Gasteiger charge is 2.54. The molecule has 0 aromatic heterocycles. The van der Waals surface area contributed by atoms with Crippen molar-refractivity contribution >= 4 is 42.4 Å². The first kappa shape index (κ1) is 17.0. The molecule has 1 atom stereocenters. The van der Waals surface area contributed by atoms with Crippen molar-refractivity contribution in [3.8, 4) is 0 Å². The number of ether oxygens (including phenoxy) is 1. The lowest BCUT2D eigenvalue weighted by atomic mass is 10.8. The predicted molar refractivity (Wildman–Crippen MR) is 66.6 cm³/mol. The largest absolute Gasteiger partial charge is 0.370 e. The summed E-state index contributed by atoms with van der Waals surface area (Å²) in [5, 5.41) is 0. The van der Waals surface area contributed by atoms with Crippen molar-refractivity contribution < 1.29 is 18.3 Å². The smallest absolute Gasteiger partial charge is 0.359 e. The minimum absolute atomic E-state index is 0.147. The van der Waals surface area contributed by atoms with Crippen LogP contribution >= 0.6 is 42.4 Å². The van der Waals surface area contributed by atoms with E-state index < -0.39 is 17.2 Å². The van der Waals surface area contributed by atoms with Gasteiger partial charge in [0.25, 0.3) is 4.07 Å². The summed E-state index contributed by atoms with van der Waals surface area (Å²) < 4.78 is 25.4. The van der Waals surface area contributed by atoms with Gasteiger partial charge in [-0.25, -0.2) is 0 Å². The van der Waals surface area contributed by atoms with Gasteiger partial charge < -0.3 is 13.8 Å². The Morgan fingerprint density at radius 3 is 1.88 bits per heavy atom. The summed E-state index contributed by atoms with van der Waals surface area (Å²) in [6, 6.07) is 0. The van der Waals surface area contributed by atoms with Gasteiger partial charge in [0, 0.05) is 6.61 Å². The molecule has 0 fully saturated rings. The second-order valence-corrected chi connectivity index (χ2v) is 7.22. The van der Waals surface area contributed by atoms with Crippen molar-refractivity contribution in [2.24, 2.45) is 0 Å². The molecule has 0 heterocycles. The molecule has 0 saturated carbocycles. The second kappa shape index (κ2) is 7.42. The number of hydrogen-bond donors (Lipinski definition) is 0. The van der Waals surface area contributed by atoms with Gasteiger partial charge in [0.1, 0.15) is 0 Å². The Hall–Kier alpha value is 0.980. The van der Waals surface area contributed by atoms with Crippen LogP contribution in [0.15, 0.2) is 0 Å². The van der Waals surface area contributed by atoms with Crippen LogP contribution in [0.4, 0.5) is 0 Å². The van der Waals surface area contributed by atoms with Crippen molar-refractivity contribution in [3.63, 3.8) is 0 Å². The first-order valence-electron chi connectivity index (χ1n) is 4.88. The summed E-state index contributed by atoms with van der Waals surface area (Å²) in [7, 11) is -3.73. The SMILES string of the molecule is CCOC(Cl)C(Cl)(Cl)P(=O)(OCC)OCC. The molecular formula is C8H16Cl3O4P. The van der Waals surface area contributed by atoms with E-state index in [2.05, 4.69) is 0 Å². The Kier molecular flexibility index (Phi) is 7.88. The van der Waals surface area contributed by atoms with Gasteiger partial charge in [0.15, 0.2) is 5.56 Å². The molecule has 1 unspecified atom stereocenters. The zero-order chi connectivity index (χ0) is 12.8. The third-order valence-corrected chi connectivity index (χ3v) is 6.18. The molecular weight excluding hydrogens is 297 g/mol. The highest BCUT2D eigenvalue weighted by atomic mass is 35.5. The Morgan fingerprint density at radius 2 is 1.56 bits per heavy atom. The summed E-state index contributed by atoms with van der Waals surface area (Å²) in [6.07, 6.45) is 0. The van der Waals surface area contributed by atoms with Gasteiger partial charge in [0.2, 0.25) is 0 Å². The maximum Gasteiger partial charge on any atom is 0.370 e. The third-order valence-electron chi connectivity index (χ3n) is 1.55. The summed E-state index contributed by atoms with van der Waals surface area (Å²) >= 11 is 17.7. The predicted octanol–water partition coefficient (Wildman–Crippen LogP) is 3.99. The van der Waals surface area contributed by atoms with Crippen molar-refractivity contribution in [1.82, 2.24) is 0 Å². The van der Waals surface area contributed by atoms with Gasteiger partial charge >= 0.3 is 7.60 Å². The van der Waals surface area contributed by atoms with E-state index in [0.717, 1.165) is 0 Å². The number of hydrogen-bond acceptors (Lipinski definition) is 4. The molecule has 0 rings (SSSR count). The van der Waals surface area contributed by atoms with Crippen molar-refractivity contribution in [3.05, 3.63) is 0 Å². The molecule has 0 aliphatic carbocycles. The van der Waals surface area contributed by atoms with E-state index in [-0.39, 0.29) is 19.8 Å². The molecule has 16 heavy (non-hydrogen) atoms. The first-order chi connectivity index (χ1) is 7.35. The number of rotatable bonds is 8. The number of alkyl halides is 3. The van der Waals surface area contributed by atoms with Crippen LogP contribution < -0.4 is 0 Å². The van der Waals surface area contributed by atoms with E-state index in [1.807, 2.05) is 0 Å². The second-order valence-electron chi connectivity index (χ2n) is 2.69. The molecule has 0 aromatic rings. The van der Waals surface area contributed by atoms with Crippen LogP contribution in [0.1, 0.15) is 20.8 Å². The Labute approximate surface area is 111 Å². The van der Waals surface area contributed by atoms with Crippen LogP contribution in [0.2, 0.25) is 0 Å². The zero-order valence-electron chi connectivity index (χ0n) is 9.41. The van der Waals surface area contributed by atoms with E-state index in [4.69, 9.17) is 48.6 Å². The van der Waals surface area contributed by atoms with E-state index in [1.165, 1.54) is 0 Å². The molecule has 8 heteroatoms. The van der Waals surface area contributed by atoms with Gasteiger partial charge in [-0.15, -0.1) is 0 Å². The van der Waals surface area contributed by atoms with E-state index >= 15 is 0 Å². The summed E-state index contributed by atoms with van der Waals surface area (Å²) in [5.41, 5.74) is -1.18. The van der Waals surface area contributed by atoms with E-state index in [0.29, 0.717) is 0 Å². The monoisotopic (exact) mass is 312 g/mol. The minimum Gasteiger partial charge on any atom is -0.359 e. The van der Waals surface area contributed by atoms with Crippen LogP contribution in [0.25, 0.3) is 0 Å². The molecule has 4 nitrogen and oxygen atoms in total. The van der Waals surface area contributed by atoms with Gasteiger partial charge in [-0.05, 0) is 20.8 Å². The van der Waals surface area contributed by atoms with Crippen LogP contribution in [0.5, 0.6) is 0 Å². The quantitative estimate of drug-likeness (QED) is 0.502.